The van der Waals surface area contributed by atoms with E-state index in [2.05, 4.69) is 12.2 Å². The van der Waals surface area contributed by atoms with Crippen molar-refractivity contribution >= 4 is 23.4 Å². The van der Waals surface area contributed by atoms with Gasteiger partial charge in [0.05, 0.1) is 18.4 Å². The average molecular weight is 314 g/mol. The Morgan fingerprint density at radius 1 is 1.00 bits per heavy atom. The van der Waals surface area contributed by atoms with Gasteiger partial charge in [-0.2, -0.15) is 0 Å². The van der Waals surface area contributed by atoms with E-state index in [1.54, 1.807) is 6.07 Å². The minimum atomic E-state index is -0.117. The van der Waals surface area contributed by atoms with Crippen LogP contribution < -0.4 is 0 Å². The monoisotopic (exact) mass is 313 g/mol. The molecule has 0 spiro atoms. The maximum atomic E-state index is 12.8. The van der Waals surface area contributed by atoms with Gasteiger partial charge in [0.1, 0.15) is 0 Å². The van der Waals surface area contributed by atoms with Crippen LogP contribution in [0.4, 0.5) is 0 Å². The summed E-state index contributed by atoms with van der Waals surface area (Å²) in [4.78, 5) is 27.1. The number of allylic oxidation sites excluding steroid dienone is 2. The minimum Gasteiger partial charge on any atom is -0.278 e. The highest BCUT2D eigenvalue weighted by molar-refractivity contribution is 6.31. The number of amides is 2. The Hall–Kier alpha value is -1.61. The SMILES string of the molecule is O=C1[C@@H]2[C@H]3C=C[C@@H]([C@@H]4C[C@H]34)[C@@H]2C(=O)N1Cc1ccccc1Cl. The van der Waals surface area contributed by atoms with E-state index in [9.17, 15) is 9.59 Å². The molecule has 2 saturated carbocycles. The second-order valence-corrected chi connectivity index (χ2v) is 7.42. The van der Waals surface area contributed by atoms with Gasteiger partial charge in [-0.3, -0.25) is 14.5 Å². The summed E-state index contributed by atoms with van der Waals surface area (Å²) in [5.41, 5.74) is 0.843. The number of likely N-dealkylation sites (tertiary alicyclic amines) is 1. The molecular formula is C18H16ClNO2. The number of hydrogen-bond donors (Lipinski definition) is 0. The number of rotatable bonds is 2. The lowest BCUT2D eigenvalue weighted by Crippen LogP contribution is -2.40. The van der Waals surface area contributed by atoms with Crippen molar-refractivity contribution in [1.82, 2.24) is 4.90 Å². The molecule has 0 aromatic heterocycles. The summed E-state index contributed by atoms with van der Waals surface area (Å²) in [6, 6.07) is 7.43. The molecule has 1 aromatic carbocycles. The zero-order chi connectivity index (χ0) is 15.0. The highest BCUT2D eigenvalue weighted by atomic mass is 35.5. The molecular weight excluding hydrogens is 298 g/mol. The number of imide groups is 1. The van der Waals surface area contributed by atoms with Crippen LogP contribution in [0.25, 0.3) is 0 Å². The molecule has 5 aliphatic rings. The van der Waals surface area contributed by atoms with E-state index >= 15 is 0 Å². The molecule has 2 bridgehead atoms. The molecule has 4 heteroatoms. The zero-order valence-corrected chi connectivity index (χ0v) is 12.7. The third kappa shape index (κ3) is 1.52. The van der Waals surface area contributed by atoms with Gasteiger partial charge in [0.25, 0.3) is 0 Å². The highest BCUT2D eigenvalue weighted by Crippen LogP contribution is 2.65. The first kappa shape index (κ1) is 12.9. The molecule has 0 N–H and O–H groups in total. The third-order valence-electron chi connectivity index (χ3n) is 6.04. The fraction of sp³-hybridized carbons (Fsp3) is 0.444. The fourth-order valence-corrected chi connectivity index (χ4v) is 5.17. The largest absolute Gasteiger partial charge is 0.278 e. The van der Waals surface area contributed by atoms with Crippen molar-refractivity contribution in [3.63, 3.8) is 0 Å². The lowest BCUT2D eigenvalue weighted by Gasteiger charge is -2.37. The smallest absolute Gasteiger partial charge is 0.234 e. The molecule has 22 heavy (non-hydrogen) atoms. The molecule has 6 atom stereocenters. The molecule has 0 radical (unpaired) electrons. The van der Waals surface area contributed by atoms with Gasteiger partial charge >= 0.3 is 0 Å². The number of hydrogen-bond acceptors (Lipinski definition) is 2. The molecule has 4 aliphatic carbocycles. The van der Waals surface area contributed by atoms with Crippen LogP contribution in [-0.4, -0.2) is 16.7 Å². The first-order valence-corrected chi connectivity index (χ1v) is 8.31. The number of halogens is 1. The summed E-state index contributed by atoms with van der Waals surface area (Å²) in [6.07, 6.45) is 5.59. The quantitative estimate of drug-likeness (QED) is 0.622. The summed E-state index contributed by atoms with van der Waals surface area (Å²) in [6.45, 7) is 0.305. The molecule has 2 amide bonds. The molecule has 3 nitrogen and oxygen atoms in total. The van der Waals surface area contributed by atoms with E-state index in [4.69, 9.17) is 11.6 Å². The lowest BCUT2D eigenvalue weighted by atomic mass is 9.63. The molecule has 112 valence electrons. The second-order valence-electron chi connectivity index (χ2n) is 7.01. The van der Waals surface area contributed by atoms with Gasteiger partial charge in [-0.1, -0.05) is 42.0 Å². The van der Waals surface area contributed by atoms with Crippen LogP contribution in [0, 0.1) is 35.5 Å². The molecule has 1 aliphatic heterocycles. The Kier molecular flexibility index (Phi) is 2.48. The molecule has 0 unspecified atom stereocenters. The fourth-order valence-electron chi connectivity index (χ4n) is 4.97. The summed E-state index contributed by atoms with van der Waals surface area (Å²) >= 11 is 6.19. The first-order chi connectivity index (χ1) is 10.7. The lowest BCUT2D eigenvalue weighted by molar-refractivity contribution is -0.140. The van der Waals surface area contributed by atoms with Crippen molar-refractivity contribution in [1.29, 1.82) is 0 Å². The maximum absolute atomic E-state index is 12.8. The molecule has 1 saturated heterocycles. The third-order valence-corrected chi connectivity index (χ3v) is 6.41. The minimum absolute atomic E-state index is 0.0135. The van der Waals surface area contributed by atoms with Crippen LogP contribution in [-0.2, 0) is 16.1 Å². The summed E-state index contributed by atoms with van der Waals surface area (Å²) < 4.78 is 0. The first-order valence-electron chi connectivity index (χ1n) is 7.94. The van der Waals surface area contributed by atoms with Crippen molar-refractivity contribution in [3.8, 4) is 0 Å². The molecule has 3 fully saturated rings. The van der Waals surface area contributed by atoms with E-state index in [0.717, 1.165) is 5.56 Å². The van der Waals surface area contributed by atoms with Crippen LogP contribution in [0.3, 0.4) is 0 Å². The van der Waals surface area contributed by atoms with Gasteiger partial charge in [-0.15, -0.1) is 0 Å². The molecule has 1 aromatic rings. The Morgan fingerprint density at radius 3 is 2.18 bits per heavy atom. The van der Waals surface area contributed by atoms with Gasteiger partial charge in [0.2, 0.25) is 11.8 Å². The Labute approximate surface area is 133 Å². The summed E-state index contributed by atoms with van der Waals surface area (Å²) in [5.74, 6) is 1.66. The number of benzene rings is 1. The topological polar surface area (TPSA) is 37.4 Å². The predicted molar refractivity (Wildman–Crippen MR) is 81.7 cm³/mol. The van der Waals surface area contributed by atoms with E-state index in [1.807, 2.05) is 18.2 Å². The predicted octanol–water partition coefficient (Wildman–Crippen LogP) is 2.89. The highest BCUT2D eigenvalue weighted by Gasteiger charge is 2.66. The van der Waals surface area contributed by atoms with Crippen molar-refractivity contribution in [2.75, 3.05) is 0 Å². The standard InChI is InChI=1S/C18H16ClNO2/c19-14-4-2-1-3-9(14)8-20-17(21)15-10-5-6-11(13-7-12(10)13)16(15)18(20)22/h1-6,10-13,15-16H,7-8H2/t10-,11-,12-,13+,15-,16+/m0/s1. The Balaban J connectivity index is 1.49. The van der Waals surface area contributed by atoms with Crippen LogP contribution in [0.1, 0.15) is 12.0 Å². The Bertz CT molecular complexity index is 692. The van der Waals surface area contributed by atoms with Gasteiger partial charge < -0.3 is 0 Å². The van der Waals surface area contributed by atoms with E-state index < -0.39 is 0 Å². The normalized spacial score (nSPS) is 40.9. The average Bonchev–Trinajstić information content (AvgIpc) is 3.30. The van der Waals surface area contributed by atoms with Crippen molar-refractivity contribution < 1.29 is 9.59 Å². The molecule has 6 rings (SSSR count). The summed E-state index contributed by atoms with van der Waals surface area (Å²) in [5, 5.41) is 0.613. The molecule has 1 heterocycles. The van der Waals surface area contributed by atoms with Crippen LogP contribution >= 0.6 is 11.6 Å². The van der Waals surface area contributed by atoms with Crippen LogP contribution in [0.5, 0.6) is 0 Å². The van der Waals surface area contributed by atoms with E-state index in [0.29, 0.717) is 23.4 Å². The second kappa shape index (κ2) is 4.23. The van der Waals surface area contributed by atoms with Crippen LogP contribution in [0.2, 0.25) is 5.02 Å². The van der Waals surface area contributed by atoms with Crippen molar-refractivity contribution in [2.24, 2.45) is 35.5 Å². The number of carbonyl (C=O) groups is 2. The van der Waals surface area contributed by atoms with Crippen molar-refractivity contribution in [3.05, 3.63) is 47.0 Å². The van der Waals surface area contributed by atoms with Gasteiger partial charge in [0.15, 0.2) is 0 Å². The van der Waals surface area contributed by atoms with Gasteiger partial charge in [-0.05, 0) is 41.7 Å². The maximum Gasteiger partial charge on any atom is 0.234 e. The number of carbonyl (C=O) groups excluding carboxylic acids is 2. The van der Waals surface area contributed by atoms with Crippen molar-refractivity contribution in [2.45, 2.75) is 13.0 Å². The van der Waals surface area contributed by atoms with Crippen LogP contribution in [0.15, 0.2) is 36.4 Å². The Morgan fingerprint density at radius 2 is 1.59 bits per heavy atom. The summed E-state index contributed by atoms with van der Waals surface area (Å²) in [7, 11) is 0. The van der Waals surface area contributed by atoms with E-state index in [-0.39, 0.29) is 35.5 Å². The van der Waals surface area contributed by atoms with Gasteiger partial charge in [-0.25, -0.2) is 0 Å². The van der Waals surface area contributed by atoms with E-state index in [1.165, 1.54) is 11.3 Å². The van der Waals surface area contributed by atoms with Gasteiger partial charge in [0, 0.05) is 5.02 Å². The zero-order valence-electron chi connectivity index (χ0n) is 12.0. The number of nitrogens with zero attached hydrogens (tertiary/aromatic N) is 1.